The summed E-state index contributed by atoms with van der Waals surface area (Å²) in [4.78, 5) is 5.60. The molecule has 1 aromatic heterocycles. The Kier molecular flexibility index (Phi) is 2.79. The third kappa shape index (κ3) is 1.97. The highest BCUT2D eigenvalue weighted by Crippen LogP contribution is 2.20. The molecule has 0 radical (unpaired) electrons. The van der Waals surface area contributed by atoms with E-state index in [-0.39, 0.29) is 11.9 Å². The summed E-state index contributed by atoms with van der Waals surface area (Å²) >= 11 is 0. The zero-order valence-electron chi connectivity index (χ0n) is 9.27. The molecule has 0 spiro atoms. The van der Waals surface area contributed by atoms with Crippen LogP contribution in [0.5, 0.6) is 0 Å². The number of anilines is 1. The van der Waals surface area contributed by atoms with Gasteiger partial charge in [0.2, 0.25) is 0 Å². The van der Waals surface area contributed by atoms with Crippen LogP contribution in [0.3, 0.4) is 0 Å². The van der Waals surface area contributed by atoms with Gasteiger partial charge in [-0.25, -0.2) is 4.98 Å². The summed E-state index contributed by atoms with van der Waals surface area (Å²) in [6.45, 7) is 0. The third-order valence-electron chi connectivity index (χ3n) is 2.70. The summed E-state index contributed by atoms with van der Waals surface area (Å²) < 4.78 is 0. The summed E-state index contributed by atoms with van der Waals surface area (Å²) in [5.74, 6) is 3.46. The van der Waals surface area contributed by atoms with Gasteiger partial charge in [0.15, 0.2) is 5.84 Å². The molecule has 2 heterocycles. The molecule has 86 valence electrons. The Bertz CT molecular complexity index is 514. The van der Waals surface area contributed by atoms with Gasteiger partial charge in [0, 0.05) is 6.42 Å². The summed E-state index contributed by atoms with van der Waals surface area (Å²) in [5, 5.41) is 15.9. The van der Waals surface area contributed by atoms with Crippen LogP contribution < -0.4 is 5.73 Å². The van der Waals surface area contributed by atoms with Crippen molar-refractivity contribution in [2.45, 2.75) is 18.9 Å². The Balaban J connectivity index is 2.31. The summed E-state index contributed by atoms with van der Waals surface area (Å²) in [6.07, 6.45) is 6.71. The number of rotatable bonds is 1. The van der Waals surface area contributed by atoms with Crippen molar-refractivity contribution in [2.75, 3.05) is 5.73 Å². The van der Waals surface area contributed by atoms with Gasteiger partial charge in [-0.2, -0.15) is 0 Å². The predicted octanol–water partition coefficient (Wildman–Crippen LogP) is 1.06. The van der Waals surface area contributed by atoms with Crippen molar-refractivity contribution in [3.63, 3.8) is 0 Å². The van der Waals surface area contributed by atoms with Gasteiger partial charge in [-0.15, -0.1) is 6.42 Å². The molecule has 2 rings (SSSR count). The van der Waals surface area contributed by atoms with Gasteiger partial charge < -0.3 is 5.73 Å². The predicted molar refractivity (Wildman–Crippen MR) is 66.9 cm³/mol. The van der Waals surface area contributed by atoms with Gasteiger partial charge in [0.25, 0.3) is 0 Å². The number of aromatic nitrogens is 1. The number of nitrogens with one attached hydrogen (secondary N) is 2. The van der Waals surface area contributed by atoms with Crippen LogP contribution in [0, 0.1) is 23.2 Å². The zero-order chi connectivity index (χ0) is 12.4. The SMILES string of the molecule is C#C[C@@H]1CCC(=N)N1C(=N)c1cccc(N)n1. The fourth-order valence-electron chi connectivity index (χ4n) is 1.87. The molecular formula is C12H13N5. The number of nitrogens with two attached hydrogens (primary N) is 1. The lowest BCUT2D eigenvalue weighted by Gasteiger charge is -2.22. The molecule has 1 atom stereocenters. The maximum Gasteiger partial charge on any atom is 0.153 e. The number of hydrogen-bond acceptors (Lipinski definition) is 4. The first-order valence-corrected chi connectivity index (χ1v) is 5.27. The maximum atomic E-state index is 8.06. The number of nitrogens with zero attached hydrogens (tertiary/aromatic N) is 2. The van der Waals surface area contributed by atoms with E-state index >= 15 is 0 Å². The molecule has 5 nitrogen and oxygen atoms in total. The van der Waals surface area contributed by atoms with Crippen molar-refractivity contribution in [1.29, 1.82) is 10.8 Å². The molecule has 0 aliphatic carbocycles. The van der Waals surface area contributed by atoms with Gasteiger partial charge in [-0.3, -0.25) is 15.7 Å². The molecule has 1 aromatic rings. The Hall–Kier alpha value is -2.35. The molecule has 1 fully saturated rings. The first-order chi connectivity index (χ1) is 8.13. The van der Waals surface area contributed by atoms with Crippen LogP contribution >= 0.6 is 0 Å². The van der Waals surface area contributed by atoms with E-state index in [1.54, 1.807) is 18.2 Å². The average molecular weight is 227 g/mol. The van der Waals surface area contributed by atoms with Crippen molar-refractivity contribution in [2.24, 2.45) is 0 Å². The molecule has 0 amide bonds. The van der Waals surface area contributed by atoms with Crippen LogP contribution in [0.2, 0.25) is 0 Å². The fraction of sp³-hybridized carbons (Fsp3) is 0.250. The van der Waals surface area contributed by atoms with Crippen molar-refractivity contribution in [1.82, 2.24) is 9.88 Å². The van der Waals surface area contributed by atoms with Crippen LogP contribution in [0.15, 0.2) is 18.2 Å². The number of pyridine rings is 1. The fourth-order valence-corrected chi connectivity index (χ4v) is 1.87. The number of terminal acetylenes is 1. The monoisotopic (exact) mass is 227 g/mol. The Morgan fingerprint density at radius 2 is 2.35 bits per heavy atom. The van der Waals surface area contributed by atoms with Gasteiger partial charge >= 0.3 is 0 Å². The average Bonchev–Trinajstić information content (AvgIpc) is 2.69. The van der Waals surface area contributed by atoms with Crippen LogP contribution in [-0.4, -0.2) is 27.6 Å². The lowest BCUT2D eigenvalue weighted by molar-refractivity contribution is 0.556. The first-order valence-electron chi connectivity index (χ1n) is 5.27. The van der Waals surface area contributed by atoms with Crippen LogP contribution in [-0.2, 0) is 0 Å². The van der Waals surface area contributed by atoms with Crippen LogP contribution in [0.1, 0.15) is 18.5 Å². The summed E-state index contributed by atoms with van der Waals surface area (Å²) in [6, 6.07) is 4.86. The normalized spacial score (nSPS) is 19.1. The third-order valence-corrected chi connectivity index (χ3v) is 2.70. The summed E-state index contributed by atoms with van der Waals surface area (Å²) in [5.41, 5.74) is 6.02. The second kappa shape index (κ2) is 4.26. The topological polar surface area (TPSA) is 89.9 Å². The molecule has 4 N–H and O–H groups in total. The smallest absolute Gasteiger partial charge is 0.153 e. The lowest BCUT2D eigenvalue weighted by Crippen LogP contribution is -2.38. The lowest BCUT2D eigenvalue weighted by atomic mass is 10.2. The first kappa shape index (κ1) is 11.1. The molecule has 0 unspecified atom stereocenters. The highest BCUT2D eigenvalue weighted by Gasteiger charge is 2.30. The number of hydrogen-bond donors (Lipinski definition) is 3. The maximum absolute atomic E-state index is 8.06. The molecular weight excluding hydrogens is 214 g/mol. The highest BCUT2D eigenvalue weighted by molar-refractivity contribution is 6.07. The molecule has 0 saturated carbocycles. The largest absolute Gasteiger partial charge is 0.384 e. The Labute approximate surface area is 99.7 Å². The molecule has 0 bridgehead atoms. The quantitative estimate of drug-likeness (QED) is 0.381. The van der Waals surface area contributed by atoms with E-state index in [1.807, 2.05) is 0 Å². The second-order valence-corrected chi connectivity index (χ2v) is 3.83. The minimum absolute atomic E-state index is 0.141. The van der Waals surface area contributed by atoms with E-state index in [9.17, 15) is 0 Å². The minimum Gasteiger partial charge on any atom is -0.384 e. The molecule has 1 aliphatic rings. The van der Waals surface area contributed by atoms with Crippen molar-refractivity contribution in [3.05, 3.63) is 23.9 Å². The molecule has 17 heavy (non-hydrogen) atoms. The van der Waals surface area contributed by atoms with E-state index in [0.29, 0.717) is 30.2 Å². The molecule has 1 saturated heterocycles. The molecule has 0 aromatic carbocycles. The Morgan fingerprint density at radius 3 is 3.00 bits per heavy atom. The minimum atomic E-state index is -0.224. The Morgan fingerprint density at radius 1 is 1.59 bits per heavy atom. The van der Waals surface area contributed by atoms with Gasteiger partial charge in [0.1, 0.15) is 17.3 Å². The van der Waals surface area contributed by atoms with E-state index in [2.05, 4.69) is 10.9 Å². The van der Waals surface area contributed by atoms with Crippen LogP contribution in [0.25, 0.3) is 0 Å². The standard InChI is InChI=1S/C12H13N5/c1-2-8-6-7-11(14)17(8)12(15)9-4-3-5-10(13)16-9/h1,3-5,8,14-15H,6-7H2,(H2,13,16)/t8-/m1/s1. The van der Waals surface area contributed by atoms with Gasteiger partial charge in [0.05, 0.1) is 6.04 Å². The highest BCUT2D eigenvalue weighted by atomic mass is 15.3. The van der Waals surface area contributed by atoms with E-state index in [0.717, 1.165) is 0 Å². The van der Waals surface area contributed by atoms with Crippen molar-refractivity contribution in [3.8, 4) is 12.3 Å². The van der Waals surface area contributed by atoms with Crippen molar-refractivity contribution < 1.29 is 0 Å². The van der Waals surface area contributed by atoms with E-state index in [1.165, 1.54) is 4.90 Å². The second-order valence-electron chi connectivity index (χ2n) is 3.83. The van der Waals surface area contributed by atoms with E-state index < -0.39 is 0 Å². The van der Waals surface area contributed by atoms with Gasteiger partial charge in [-0.1, -0.05) is 12.0 Å². The van der Waals surface area contributed by atoms with Crippen molar-refractivity contribution >= 4 is 17.5 Å². The van der Waals surface area contributed by atoms with E-state index in [4.69, 9.17) is 23.0 Å². The molecule has 1 aliphatic heterocycles. The number of nitrogen functional groups attached to an aromatic ring is 1. The van der Waals surface area contributed by atoms with Gasteiger partial charge in [-0.05, 0) is 18.6 Å². The number of likely N-dealkylation sites (tertiary alicyclic amines) is 1. The zero-order valence-corrected chi connectivity index (χ0v) is 9.27. The molecule has 5 heteroatoms. The summed E-state index contributed by atoms with van der Waals surface area (Å²) in [7, 11) is 0. The number of amidine groups is 2. The van der Waals surface area contributed by atoms with Crippen LogP contribution in [0.4, 0.5) is 5.82 Å².